The van der Waals surface area contributed by atoms with E-state index in [4.69, 9.17) is 9.31 Å². The number of fused-ring (bicyclic) bond motifs is 1. The van der Waals surface area contributed by atoms with Crippen LogP contribution in [0.4, 0.5) is 0 Å². The zero-order valence-electron chi connectivity index (χ0n) is 15.8. The normalized spacial score (nSPS) is 22.5. The van der Waals surface area contributed by atoms with Gasteiger partial charge in [-0.2, -0.15) is 0 Å². The summed E-state index contributed by atoms with van der Waals surface area (Å²) >= 11 is 0. The van der Waals surface area contributed by atoms with Crippen LogP contribution in [0, 0.1) is 17.3 Å². The highest BCUT2D eigenvalue weighted by atomic mass is 16.7. The summed E-state index contributed by atoms with van der Waals surface area (Å²) in [5, 5.41) is 2.39. The SMILES string of the molecule is CC1(C#Cc2ccc3cc(B4OC(C)(C)C(C)(C)O4)ccc3c2)CC1. The molecule has 1 saturated carbocycles. The van der Waals surface area contributed by atoms with Gasteiger partial charge in [-0.1, -0.05) is 36.1 Å². The molecule has 1 heterocycles. The van der Waals surface area contributed by atoms with Crippen LogP contribution < -0.4 is 5.46 Å². The first-order chi connectivity index (χ1) is 11.7. The molecule has 0 radical (unpaired) electrons. The molecule has 0 unspecified atom stereocenters. The molecule has 0 bridgehead atoms. The molecule has 2 fully saturated rings. The summed E-state index contributed by atoms with van der Waals surface area (Å²) in [6.07, 6.45) is 2.45. The molecule has 3 heteroatoms. The Hall–Kier alpha value is -1.76. The van der Waals surface area contributed by atoms with Gasteiger partial charge < -0.3 is 9.31 Å². The summed E-state index contributed by atoms with van der Waals surface area (Å²) < 4.78 is 12.3. The van der Waals surface area contributed by atoms with Gasteiger partial charge in [-0.3, -0.25) is 0 Å². The fourth-order valence-electron chi connectivity index (χ4n) is 3.00. The number of hydrogen-bond donors (Lipinski definition) is 0. The maximum absolute atomic E-state index is 6.16. The summed E-state index contributed by atoms with van der Waals surface area (Å²) in [5.41, 5.74) is 1.78. The van der Waals surface area contributed by atoms with Gasteiger partial charge in [-0.05, 0) is 75.8 Å². The van der Waals surface area contributed by atoms with E-state index in [0.29, 0.717) is 0 Å². The smallest absolute Gasteiger partial charge is 0.399 e. The number of benzene rings is 2. The van der Waals surface area contributed by atoms with Crippen molar-refractivity contribution in [3.05, 3.63) is 42.0 Å². The van der Waals surface area contributed by atoms with E-state index in [1.54, 1.807) is 0 Å². The van der Waals surface area contributed by atoms with Gasteiger partial charge in [0.25, 0.3) is 0 Å². The van der Waals surface area contributed by atoms with E-state index in [9.17, 15) is 0 Å². The van der Waals surface area contributed by atoms with Crippen LogP contribution in [-0.4, -0.2) is 18.3 Å². The first-order valence-corrected chi connectivity index (χ1v) is 9.10. The summed E-state index contributed by atoms with van der Waals surface area (Å²) in [5.74, 6) is 6.73. The van der Waals surface area contributed by atoms with Crippen LogP contribution in [0.1, 0.15) is 53.0 Å². The minimum absolute atomic E-state index is 0.259. The molecule has 2 aliphatic rings. The van der Waals surface area contributed by atoms with E-state index in [1.807, 2.05) is 0 Å². The predicted octanol–water partition coefficient (Wildman–Crippen LogP) is 4.29. The average Bonchev–Trinajstić information content (AvgIpc) is 3.24. The monoisotopic (exact) mass is 332 g/mol. The third-order valence-corrected chi connectivity index (χ3v) is 5.90. The van der Waals surface area contributed by atoms with Crippen molar-refractivity contribution in [2.45, 2.75) is 58.7 Å². The number of hydrogen-bond acceptors (Lipinski definition) is 2. The molecule has 25 heavy (non-hydrogen) atoms. The molecule has 0 atom stereocenters. The second-order valence-corrected chi connectivity index (χ2v) is 8.72. The molecule has 0 aromatic heterocycles. The molecule has 0 N–H and O–H groups in total. The van der Waals surface area contributed by atoms with E-state index in [2.05, 4.69) is 82.9 Å². The molecule has 0 amide bonds. The molecule has 4 rings (SSSR count). The lowest BCUT2D eigenvalue weighted by Gasteiger charge is -2.32. The van der Waals surface area contributed by atoms with Crippen molar-refractivity contribution in [3.8, 4) is 11.8 Å². The highest BCUT2D eigenvalue weighted by Crippen LogP contribution is 2.44. The van der Waals surface area contributed by atoms with Crippen LogP contribution >= 0.6 is 0 Å². The fraction of sp³-hybridized carbons (Fsp3) is 0.455. The largest absolute Gasteiger partial charge is 0.494 e. The maximum Gasteiger partial charge on any atom is 0.494 e. The van der Waals surface area contributed by atoms with E-state index < -0.39 is 0 Å². The molecular weight excluding hydrogens is 307 g/mol. The molecular formula is C22H25BO2. The third kappa shape index (κ3) is 3.10. The molecule has 1 aliphatic heterocycles. The van der Waals surface area contributed by atoms with Crippen LogP contribution in [0.3, 0.4) is 0 Å². The number of rotatable bonds is 1. The van der Waals surface area contributed by atoms with Crippen molar-refractivity contribution in [3.63, 3.8) is 0 Å². The van der Waals surface area contributed by atoms with Gasteiger partial charge in [0.1, 0.15) is 0 Å². The molecule has 2 aromatic carbocycles. The first kappa shape index (κ1) is 16.7. The van der Waals surface area contributed by atoms with Crippen LogP contribution in [0.25, 0.3) is 10.8 Å². The molecule has 128 valence electrons. The van der Waals surface area contributed by atoms with E-state index in [0.717, 1.165) is 11.0 Å². The van der Waals surface area contributed by atoms with Crippen molar-refractivity contribution in [2.24, 2.45) is 5.41 Å². The second kappa shape index (κ2) is 5.37. The lowest BCUT2D eigenvalue weighted by molar-refractivity contribution is 0.00578. The zero-order valence-corrected chi connectivity index (χ0v) is 15.8. The Bertz CT molecular complexity index is 881. The first-order valence-electron chi connectivity index (χ1n) is 9.10. The van der Waals surface area contributed by atoms with Gasteiger partial charge in [-0.15, -0.1) is 0 Å². The van der Waals surface area contributed by atoms with E-state index in [-0.39, 0.29) is 23.7 Å². The third-order valence-electron chi connectivity index (χ3n) is 5.90. The van der Waals surface area contributed by atoms with Crippen LogP contribution in [0.5, 0.6) is 0 Å². The Morgan fingerprint density at radius 1 is 0.840 bits per heavy atom. The Kier molecular flexibility index (Phi) is 3.59. The Morgan fingerprint density at radius 2 is 1.44 bits per heavy atom. The fourth-order valence-corrected chi connectivity index (χ4v) is 3.00. The van der Waals surface area contributed by atoms with Crippen molar-refractivity contribution in [1.82, 2.24) is 0 Å². The predicted molar refractivity (Wildman–Crippen MR) is 104 cm³/mol. The lowest BCUT2D eigenvalue weighted by atomic mass is 9.78. The van der Waals surface area contributed by atoms with Gasteiger partial charge in [0, 0.05) is 11.0 Å². The second-order valence-electron chi connectivity index (χ2n) is 8.72. The van der Waals surface area contributed by atoms with Gasteiger partial charge >= 0.3 is 7.12 Å². The van der Waals surface area contributed by atoms with Crippen molar-refractivity contribution < 1.29 is 9.31 Å². The van der Waals surface area contributed by atoms with Gasteiger partial charge in [0.15, 0.2) is 0 Å². The van der Waals surface area contributed by atoms with Gasteiger partial charge in [0.05, 0.1) is 11.2 Å². The highest BCUT2D eigenvalue weighted by Gasteiger charge is 2.51. The summed E-state index contributed by atoms with van der Waals surface area (Å²) in [4.78, 5) is 0. The van der Waals surface area contributed by atoms with Crippen LogP contribution in [0.2, 0.25) is 0 Å². The molecule has 2 aromatic rings. The van der Waals surface area contributed by atoms with Crippen molar-refractivity contribution >= 4 is 23.4 Å². The summed E-state index contributed by atoms with van der Waals surface area (Å²) in [6.45, 7) is 10.6. The maximum atomic E-state index is 6.16. The lowest BCUT2D eigenvalue weighted by Crippen LogP contribution is -2.41. The van der Waals surface area contributed by atoms with E-state index in [1.165, 1.54) is 23.6 Å². The molecule has 2 nitrogen and oxygen atoms in total. The minimum Gasteiger partial charge on any atom is -0.399 e. The Balaban J connectivity index is 1.62. The van der Waals surface area contributed by atoms with Gasteiger partial charge in [0.2, 0.25) is 0 Å². The highest BCUT2D eigenvalue weighted by molar-refractivity contribution is 6.62. The Labute approximate surface area is 151 Å². The molecule has 0 spiro atoms. The topological polar surface area (TPSA) is 18.5 Å². The van der Waals surface area contributed by atoms with E-state index >= 15 is 0 Å². The minimum atomic E-state index is -0.316. The Morgan fingerprint density at radius 3 is 2.08 bits per heavy atom. The average molecular weight is 332 g/mol. The molecule has 1 saturated heterocycles. The molecule has 1 aliphatic carbocycles. The summed E-state index contributed by atoms with van der Waals surface area (Å²) in [6, 6.07) is 12.8. The van der Waals surface area contributed by atoms with Crippen LogP contribution in [0.15, 0.2) is 36.4 Å². The standard InChI is InChI=1S/C22H25BO2/c1-20(2)21(3,4)25-23(24-20)19-9-8-17-14-16(6-7-18(17)15-19)10-11-22(5)12-13-22/h6-9,14-15H,12-13H2,1-5H3. The van der Waals surface area contributed by atoms with Crippen LogP contribution in [-0.2, 0) is 9.31 Å². The quantitative estimate of drug-likeness (QED) is 0.573. The van der Waals surface area contributed by atoms with Gasteiger partial charge in [-0.25, -0.2) is 0 Å². The van der Waals surface area contributed by atoms with Crippen molar-refractivity contribution in [1.29, 1.82) is 0 Å². The zero-order chi connectivity index (χ0) is 17.9. The van der Waals surface area contributed by atoms with Crippen molar-refractivity contribution in [2.75, 3.05) is 0 Å². The summed E-state index contributed by atoms with van der Waals surface area (Å²) in [7, 11) is -0.316.